The van der Waals surface area contributed by atoms with E-state index in [0.29, 0.717) is 5.56 Å². The molecular formula is C24H24N2O2S. The van der Waals surface area contributed by atoms with Crippen LogP contribution < -0.4 is 10.2 Å². The van der Waals surface area contributed by atoms with E-state index in [1.807, 2.05) is 42.5 Å². The molecule has 0 saturated carbocycles. The zero-order valence-corrected chi connectivity index (χ0v) is 17.0. The Balaban J connectivity index is 1.32. The smallest absolute Gasteiger partial charge is 0.255 e. The van der Waals surface area contributed by atoms with Gasteiger partial charge in [0, 0.05) is 40.7 Å². The number of rotatable bonds is 6. The van der Waals surface area contributed by atoms with Gasteiger partial charge in [-0.15, -0.1) is 11.8 Å². The molecule has 1 fully saturated rings. The largest absolute Gasteiger partial charge is 0.378 e. The Morgan fingerprint density at radius 2 is 1.59 bits per heavy atom. The van der Waals surface area contributed by atoms with E-state index in [1.165, 1.54) is 10.5 Å². The average molecular weight is 405 g/mol. The molecule has 3 aromatic rings. The minimum atomic E-state index is -0.0926. The predicted octanol–water partition coefficient (Wildman–Crippen LogP) is 5.07. The van der Waals surface area contributed by atoms with Crippen LogP contribution in [-0.4, -0.2) is 32.2 Å². The van der Waals surface area contributed by atoms with Crippen molar-refractivity contribution in [2.24, 2.45) is 0 Å². The van der Waals surface area contributed by atoms with E-state index in [4.69, 9.17) is 4.74 Å². The third-order valence-electron chi connectivity index (χ3n) is 4.87. The van der Waals surface area contributed by atoms with Crippen molar-refractivity contribution in [3.8, 4) is 0 Å². The SMILES string of the molecule is O=C(Nc1ccc(CSc2ccccc2)cc1)c1ccc(N2CCOCC2)cc1. The van der Waals surface area contributed by atoms with Crippen molar-refractivity contribution in [1.82, 2.24) is 0 Å². The molecule has 4 rings (SSSR count). The fraction of sp³-hybridized carbons (Fsp3) is 0.208. The summed E-state index contributed by atoms with van der Waals surface area (Å²) in [5.41, 5.74) is 3.82. The quantitative estimate of drug-likeness (QED) is 0.583. The van der Waals surface area contributed by atoms with Crippen molar-refractivity contribution in [1.29, 1.82) is 0 Å². The summed E-state index contributed by atoms with van der Waals surface area (Å²) < 4.78 is 5.39. The van der Waals surface area contributed by atoms with Crippen LogP contribution >= 0.6 is 11.8 Å². The molecule has 29 heavy (non-hydrogen) atoms. The van der Waals surface area contributed by atoms with Crippen molar-refractivity contribution in [3.63, 3.8) is 0 Å². The van der Waals surface area contributed by atoms with E-state index in [2.05, 4.69) is 46.6 Å². The maximum absolute atomic E-state index is 12.5. The van der Waals surface area contributed by atoms with Crippen LogP contribution in [-0.2, 0) is 10.5 Å². The Labute approximate surface area is 175 Å². The number of carbonyl (C=O) groups excluding carboxylic acids is 1. The number of nitrogens with one attached hydrogen (secondary N) is 1. The lowest BCUT2D eigenvalue weighted by molar-refractivity contribution is 0.102. The maximum atomic E-state index is 12.5. The van der Waals surface area contributed by atoms with Gasteiger partial charge in [0.05, 0.1) is 13.2 Å². The molecule has 1 aliphatic rings. The van der Waals surface area contributed by atoms with Crippen LogP contribution in [0.3, 0.4) is 0 Å². The highest BCUT2D eigenvalue weighted by atomic mass is 32.2. The van der Waals surface area contributed by atoms with Gasteiger partial charge in [0.1, 0.15) is 0 Å². The highest BCUT2D eigenvalue weighted by Crippen LogP contribution is 2.23. The van der Waals surface area contributed by atoms with E-state index in [1.54, 1.807) is 11.8 Å². The molecule has 0 unspecified atom stereocenters. The second kappa shape index (κ2) is 9.63. The molecule has 148 valence electrons. The standard InChI is InChI=1S/C24H24N2O2S/c27-24(20-8-12-22(13-9-20)26-14-16-28-17-15-26)25-21-10-6-19(7-11-21)18-29-23-4-2-1-3-5-23/h1-13H,14-18H2,(H,25,27). The van der Waals surface area contributed by atoms with Crippen LogP contribution in [0.1, 0.15) is 15.9 Å². The van der Waals surface area contributed by atoms with Gasteiger partial charge in [-0.25, -0.2) is 0 Å². The predicted molar refractivity (Wildman–Crippen MR) is 120 cm³/mol. The first kappa shape index (κ1) is 19.6. The molecular weight excluding hydrogens is 380 g/mol. The number of morpholine rings is 1. The van der Waals surface area contributed by atoms with Gasteiger partial charge in [-0.2, -0.15) is 0 Å². The van der Waals surface area contributed by atoms with E-state index in [0.717, 1.165) is 43.4 Å². The van der Waals surface area contributed by atoms with Gasteiger partial charge in [-0.05, 0) is 54.1 Å². The lowest BCUT2D eigenvalue weighted by atomic mass is 10.1. The van der Waals surface area contributed by atoms with Crippen molar-refractivity contribution in [2.45, 2.75) is 10.6 Å². The summed E-state index contributed by atoms with van der Waals surface area (Å²) in [6, 6.07) is 26.2. The van der Waals surface area contributed by atoms with Crippen LogP contribution in [0.15, 0.2) is 83.8 Å². The molecule has 1 amide bonds. The van der Waals surface area contributed by atoms with Crippen LogP contribution in [0.2, 0.25) is 0 Å². The van der Waals surface area contributed by atoms with Gasteiger partial charge in [0.2, 0.25) is 0 Å². The molecule has 0 spiro atoms. The molecule has 0 aromatic heterocycles. The molecule has 0 radical (unpaired) electrons. The highest BCUT2D eigenvalue weighted by molar-refractivity contribution is 7.98. The van der Waals surface area contributed by atoms with E-state index in [-0.39, 0.29) is 5.91 Å². The Hall–Kier alpha value is -2.76. The number of hydrogen-bond donors (Lipinski definition) is 1. The zero-order chi connectivity index (χ0) is 19.9. The first-order valence-corrected chi connectivity index (χ1v) is 10.8. The van der Waals surface area contributed by atoms with Crippen LogP contribution in [0.4, 0.5) is 11.4 Å². The normalized spacial score (nSPS) is 13.9. The summed E-state index contributed by atoms with van der Waals surface area (Å²) in [4.78, 5) is 16.1. The Kier molecular flexibility index (Phi) is 6.49. The summed E-state index contributed by atoms with van der Waals surface area (Å²) in [5.74, 6) is 0.811. The highest BCUT2D eigenvalue weighted by Gasteiger charge is 2.12. The summed E-state index contributed by atoms with van der Waals surface area (Å²) in [6.45, 7) is 3.28. The minimum Gasteiger partial charge on any atom is -0.378 e. The molecule has 3 aromatic carbocycles. The zero-order valence-electron chi connectivity index (χ0n) is 16.2. The number of hydrogen-bond acceptors (Lipinski definition) is 4. The fourth-order valence-corrected chi connectivity index (χ4v) is 4.09. The number of thioether (sulfide) groups is 1. The Morgan fingerprint density at radius 3 is 2.28 bits per heavy atom. The van der Waals surface area contributed by atoms with Gasteiger partial charge in [0.25, 0.3) is 5.91 Å². The molecule has 0 bridgehead atoms. The van der Waals surface area contributed by atoms with E-state index in [9.17, 15) is 4.79 Å². The van der Waals surface area contributed by atoms with Crippen molar-refractivity contribution >= 4 is 29.0 Å². The third kappa shape index (κ3) is 5.40. The minimum absolute atomic E-state index is 0.0926. The second-order valence-corrected chi connectivity index (χ2v) is 7.95. The number of amides is 1. The summed E-state index contributed by atoms with van der Waals surface area (Å²) in [5, 5.41) is 2.98. The topological polar surface area (TPSA) is 41.6 Å². The van der Waals surface area contributed by atoms with Crippen molar-refractivity contribution in [3.05, 3.63) is 90.0 Å². The lowest BCUT2D eigenvalue weighted by Gasteiger charge is -2.28. The number of carbonyl (C=O) groups is 1. The third-order valence-corrected chi connectivity index (χ3v) is 5.95. The van der Waals surface area contributed by atoms with Crippen molar-refractivity contribution in [2.75, 3.05) is 36.5 Å². The number of nitrogens with zero attached hydrogens (tertiary/aromatic N) is 1. The van der Waals surface area contributed by atoms with E-state index >= 15 is 0 Å². The lowest BCUT2D eigenvalue weighted by Crippen LogP contribution is -2.36. The molecule has 5 heteroatoms. The van der Waals surface area contributed by atoms with Gasteiger partial charge >= 0.3 is 0 Å². The van der Waals surface area contributed by atoms with Gasteiger partial charge in [-0.1, -0.05) is 30.3 Å². The summed E-state index contributed by atoms with van der Waals surface area (Å²) >= 11 is 1.80. The van der Waals surface area contributed by atoms with Crippen LogP contribution in [0.25, 0.3) is 0 Å². The maximum Gasteiger partial charge on any atom is 0.255 e. The summed E-state index contributed by atoms with van der Waals surface area (Å²) in [7, 11) is 0. The number of ether oxygens (including phenoxy) is 1. The van der Waals surface area contributed by atoms with Crippen LogP contribution in [0.5, 0.6) is 0 Å². The van der Waals surface area contributed by atoms with Gasteiger partial charge < -0.3 is 15.0 Å². The Bertz CT molecular complexity index is 921. The molecule has 0 aliphatic carbocycles. The average Bonchev–Trinajstić information content (AvgIpc) is 2.80. The van der Waals surface area contributed by atoms with Gasteiger partial charge in [-0.3, -0.25) is 4.79 Å². The molecule has 1 N–H and O–H groups in total. The monoisotopic (exact) mass is 404 g/mol. The molecule has 1 saturated heterocycles. The molecule has 4 nitrogen and oxygen atoms in total. The number of benzene rings is 3. The molecule has 1 aliphatic heterocycles. The van der Waals surface area contributed by atoms with Crippen LogP contribution in [0, 0.1) is 0 Å². The van der Waals surface area contributed by atoms with Gasteiger partial charge in [0.15, 0.2) is 0 Å². The number of anilines is 2. The molecule has 1 heterocycles. The molecule has 0 atom stereocenters. The first-order chi connectivity index (χ1) is 14.3. The fourth-order valence-electron chi connectivity index (χ4n) is 3.22. The van der Waals surface area contributed by atoms with Crippen molar-refractivity contribution < 1.29 is 9.53 Å². The Morgan fingerprint density at radius 1 is 0.897 bits per heavy atom. The van der Waals surface area contributed by atoms with E-state index < -0.39 is 0 Å². The first-order valence-electron chi connectivity index (χ1n) is 9.79. The second-order valence-electron chi connectivity index (χ2n) is 6.90. The summed E-state index contributed by atoms with van der Waals surface area (Å²) in [6.07, 6.45) is 0.